The van der Waals surface area contributed by atoms with Crippen LogP contribution in [0.3, 0.4) is 0 Å². The van der Waals surface area contributed by atoms with Crippen molar-refractivity contribution in [1.29, 1.82) is 5.26 Å². The van der Waals surface area contributed by atoms with Gasteiger partial charge in [0.05, 0.1) is 17.5 Å². The molecule has 1 atom stereocenters. The summed E-state index contributed by atoms with van der Waals surface area (Å²) in [5.41, 5.74) is 1.76. The first-order valence-electron chi connectivity index (χ1n) is 8.34. The number of thioether (sulfide) groups is 1. The molecule has 3 aromatic rings. The maximum Gasteiger partial charge on any atom is 0.206 e. The summed E-state index contributed by atoms with van der Waals surface area (Å²) in [6.45, 7) is 2.91. The molecule has 9 heteroatoms. The quantitative estimate of drug-likeness (QED) is 0.516. The molecule has 0 saturated carbocycles. The zero-order valence-electron chi connectivity index (χ0n) is 14.6. The van der Waals surface area contributed by atoms with Crippen molar-refractivity contribution < 1.29 is 4.79 Å². The highest BCUT2D eigenvalue weighted by atomic mass is 32.2. The van der Waals surface area contributed by atoms with Gasteiger partial charge in [-0.2, -0.15) is 5.26 Å². The molecule has 0 radical (unpaired) electrons. The van der Waals surface area contributed by atoms with E-state index in [9.17, 15) is 10.1 Å². The second-order valence-corrected chi connectivity index (χ2v) is 8.64. The normalized spacial score (nSPS) is 11.7. The summed E-state index contributed by atoms with van der Waals surface area (Å²) < 4.78 is 0.711. The maximum atomic E-state index is 12.5. The van der Waals surface area contributed by atoms with Crippen LogP contribution in [0.1, 0.15) is 24.3 Å². The van der Waals surface area contributed by atoms with Gasteiger partial charge in [0.25, 0.3) is 0 Å². The molecular weight excluding hydrogens is 398 g/mol. The zero-order chi connectivity index (χ0) is 19.1. The Labute approximate surface area is 169 Å². The number of rotatable bonds is 9. The maximum absolute atomic E-state index is 12.5. The Morgan fingerprint density at radius 3 is 2.89 bits per heavy atom. The lowest BCUT2D eigenvalue weighted by molar-refractivity contribution is -0.116. The number of nitrogens with zero attached hydrogens (tertiary/aromatic N) is 4. The van der Waals surface area contributed by atoms with Crippen LogP contribution < -0.4 is 5.32 Å². The Morgan fingerprint density at radius 1 is 1.33 bits per heavy atom. The van der Waals surface area contributed by atoms with Crippen molar-refractivity contribution in [3.05, 3.63) is 40.7 Å². The second-order valence-electron chi connectivity index (χ2n) is 5.55. The molecule has 0 aliphatic heterocycles. The monoisotopic (exact) mass is 415 g/mol. The van der Waals surface area contributed by atoms with Crippen LogP contribution in [0, 0.1) is 11.3 Å². The number of anilines is 1. The lowest BCUT2D eigenvalue weighted by Gasteiger charge is -2.03. The molecule has 1 unspecified atom stereocenters. The summed E-state index contributed by atoms with van der Waals surface area (Å²) in [5, 5.41) is 23.9. The standard InChI is InChI=1S/C18H17N5OS3/c1-2-8-20-17-22-23-18(27-17)26-11-15(24)13(9-19)16-21-14(10-25-16)12-6-4-3-5-7-12/h3-7,10,13H,2,8,11H2,1H3,(H,20,22). The average molecular weight is 416 g/mol. The minimum absolute atomic E-state index is 0.168. The molecular formula is C18H17N5OS3. The summed E-state index contributed by atoms with van der Waals surface area (Å²) in [7, 11) is 0. The van der Waals surface area contributed by atoms with Crippen molar-refractivity contribution in [1.82, 2.24) is 15.2 Å². The molecule has 138 valence electrons. The predicted octanol–water partition coefficient (Wildman–Crippen LogP) is 4.45. The number of benzene rings is 1. The van der Waals surface area contributed by atoms with Crippen LogP contribution in [-0.2, 0) is 4.79 Å². The van der Waals surface area contributed by atoms with E-state index in [-0.39, 0.29) is 11.5 Å². The zero-order valence-corrected chi connectivity index (χ0v) is 17.0. The van der Waals surface area contributed by atoms with E-state index in [0.29, 0.717) is 9.35 Å². The van der Waals surface area contributed by atoms with E-state index in [1.165, 1.54) is 34.4 Å². The SMILES string of the molecule is CCCNc1nnc(SCC(=O)C(C#N)c2nc(-c3ccccc3)cs2)s1. The number of ketones is 1. The molecule has 0 bridgehead atoms. The van der Waals surface area contributed by atoms with Crippen LogP contribution in [0.15, 0.2) is 40.1 Å². The van der Waals surface area contributed by atoms with Gasteiger partial charge in [-0.1, -0.05) is 60.4 Å². The largest absolute Gasteiger partial charge is 0.360 e. The van der Waals surface area contributed by atoms with Gasteiger partial charge in [0.15, 0.2) is 16.0 Å². The van der Waals surface area contributed by atoms with Crippen LogP contribution in [0.25, 0.3) is 11.3 Å². The predicted molar refractivity (Wildman–Crippen MR) is 110 cm³/mol. The van der Waals surface area contributed by atoms with E-state index in [2.05, 4.69) is 33.5 Å². The molecule has 27 heavy (non-hydrogen) atoms. The third-order valence-corrected chi connectivity index (χ3v) is 6.51. The fourth-order valence-electron chi connectivity index (χ4n) is 2.21. The fraction of sp³-hybridized carbons (Fsp3) is 0.278. The number of Topliss-reactive ketones (excluding diaryl/α,β-unsaturated/α-hetero) is 1. The highest BCUT2D eigenvalue weighted by molar-refractivity contribution is 8.01. The van der Waals surface area contributed by atoms with Crippen molar-refractivity contribution in [3.8, 4) is 17.3 Å². The van der Waals surface area contributed by atoms with Crippen LogP contribution in [0.5, 0.6) is 0 Å². The van der Waals surface area contributed by atoms with Gasteiger partial charge in [-0.3, -0.25) is 4.79 Å². The van der Waals surface area contributed by atoms with E-state index in [1.807, 2.05) is 35.7 Å². The molecule has 0 fully saturated rings. The molecule has 0 aliphatic carbocycles. The number of nitrogens with one attached hydrogen (secondary N) is 1. The number of carbonyl (C=O) groups excluding carboxylic acids is 1. The molecule has 6 nitrogen and oxygen atoms in total. The van der Waals surface area contributed by atoms with E-state index in [1.54, 1.807) is 0 Å². The minimum Gasteiger partial charge on any atom is -0.360 e. The lowest BCUT2D eigenvalue weighted by atomic mass is 10.1. The summed E-state index contributed by atoms with van der Waals surface area (Å²) in [5.74, 6) is -0.860. The van der Waals surface area contributed by atoms with Gasteiger partial charge in [-0.15, -0.1) is 21.5 Å². The molecule has 2 aromatic heterocycles. The second kappa shape index (κ2) is 9.60. The summed E-state index contributed by atoms with van der Waals surface area (Å²) in [6.07, 6.45) is 1.00. The third-order valence-electron chi connectivity index (χ3n) is 3.56. The first kappa shape index (κ1) is 19.5. The highest BCUT2D eigenvalue weighted by Crippen LogP contribution is 2.30. The van der Waals surface area contributed by atoms with E-state index >= 15 is 0 Å². The molecule has 1 N–H and O–H groups in total. The third kappa shape index (κ3) is 5.13. The molecule has 0 spiro atoms. The Balaban J connectivity index is 1.62. The van der Waals surface area contributed by atoms with Crippen molar-refractivity contribution in [2.75, 3.05) is 17.6 Å². The molecule has 1 aromatic carbocycles. The smallest absolute Gasteiger partial charge is 0.206 e. The van der Waals surface area contributed by atoms with Crippen molar-refractivity contribution in [3.63, 3.8) is 0 Å². The Kier molecular flexibility index (Phi) is 6.92. The van der Waals surface area contributed by atoms with Gasteiger partial charge in [0.1, 0.15) is 5.01 Å². The van der Waals surface area contributed by atoms with Gasteiger partial charge < -0.3 is 5.32 Å². The minimum atomic E-state index is -0.856. The summed E-state index contributed by atoms with van der Waals surface area (Å²) in [6, 6.07) is 11.8. The molecule has 2 heterocycles. The van der Waals surface area contributed by atoms with Gasteiger partial charge in [-0.25, -0.2) is 4.98 Å². The number of hydrogen-bond acceptors (Lipinski definition) is 9. The number of nitriles is 1. The average Bonchev–Trinajstić information content (AvgIpc) is 3.36. The Bertz CT molecular complexity index is 932. The molecule has 0 saturated heterocycles. The first-order chi connectivity index (χ1) is 13.2. The lowest BCUT2D eigenvalue weighted by Crippen LogP contribution is -2.13. The summed E-state index contributed by atoms with van der Waals surface area (Å²) >= 11 is 4.06. The Hall–Kier alpha value is -2.28. The Morgan fingerprint density at radius 2 is 2.15 bits per heavy atom. The molecule has 0 aliphatic rings. The van der Waals surface area contributed by atoms with Gasteiger partial charge in [0, 0.05) is 17.5 Å². The van der Waals surface area contributed by atoms with Crippen LogP contribution in [0.2, 0.25) is 0 Å². The van der Waals surface area contributed by atoms with Crippen molar-refractivity contribution in [2.24, 2.45) is 0 Å². The molecule has 3 rings (SSSR count). The van der Waals surface area contributed by atoms with Crippen molar-refractivity contribution in [2.45, 2.75) is 23.6 Å². The molecule has 0 amide bonds. The van der Waals surface area contributed by atoms with Gasteiger partial charge >= 0.3 is 0 Å². The van der Waals surface area contributed by atoms with Crippen LogP contribution in [0.4, 0.5) is 5.13 Å². The van der Waals surface area contributed by atoms with Crippen LogP contribution >= 0.6 is 34.4 Å². The van der Waals surface area contributed by atoms with E-state index in [0.717, 1.165) is 29.4 Å². The first-order valence-corrected chi connectivity index (χ1v) is 11.0. The number of thiazole rings is 1. The fourth-order valence-corrected chi connectivity index (χ4v) is 4.79. The van der Waals surface area contributed by atoms with E-state index in [4.69, 9.17) is 0 Å². The topological polar surface area (TPSA) is 91.6 Å². The number of hydrogen-bond donors (Lipinski definition) is 1. The van der Waals surface area contributed by atoms with E-state index < -0.39 is 5.92 Å². The highest BCUT2D eigenvalue weighted by Gasteiger charge is 2.24. The summed E-state index contributed by atoms with van der Waals surface area (Å²) in [4.78, 5) is 17.0. The number of aromatic nitrogens is 3. The van der Waals surface area contributed by atoms with Crippen molar-refractivity contribution >= 4 is 45.4 Å². The van der Waals surface area contributed by atoms with Crippen LogP contribution in [-0.4, -0.2) is 33.3 Å². The van der Waals surface area contributed by atoms with Gasteiger partial charge in [-0.05, 0) is 6.42 Å². The number of carbonyl (C=O) groups is 1. The van der Waals surface area contributed by atoms with Gasteiger partial charge in [0.2, 0.25) is 5.13 Å².